The van der Waals surface area contributed by atoms with Gasteiger partial charge in [0, 0.05) is 31.6 Å². The molecule has 2 heterocycles. The Morgan fingerprint density at radius 2 is 1.69 bits per heavy atom. The fourth-order valence-corrected chi connectivity index (χ4v) is 8.92. The van der Waals surface area contributed by atoms with Crippen molar-refractivity contribution >= 4 is 33.3 Å². The number of hydrogen-bond donors (Lipinski definition) is 2. The zero-order valence-corrected chi connectivity index (χ0v) is 33.2. The van der Waals surface area contributed by atoms with E-state index in [9.17, 15) is 23.1 Å². The highest BCUT2D eigenvalue weighted by Gasteiger charge is 2.40. The first kappa shape index (κ1) is 41.2. The van der Waals surface area contributed by atoms with Gasteiger partial charge in [-0.25, -0.2) is 18.2 Å². The molecule has 0 aliphatic carbocycles. The molecule has 0 spiro atoms. The third-order valence-corrected chi connectivity index (χ3v) is 12.0. The number of thiazole rings is 1. The smallest absolute Gasteiger partial charge is 0.321 e. The van der Waals surface area contributed by atoms with Crippen LogP contribution in [0.1, 0.15) is 57.8 Å². The lowest BCUT2D eigenvalue weighted by atomic mass is 9.97. The van der Waals surface area contributed by atoms with Gasteiger partial charge in [-0.05, 0) is 61.2 Å². The van der Waals surface area contributed by atoms with E-state index in [2.05, 4.69) is 24.1 Å². The molecule has 3 amide bonds. The van der Waals surface area contributed by atoms with Crippen molar-refractivity contribution in [2.24, 2.45) is 11.8 Å². The van der Waals surface area contributed by atoms with Crippen molar-refractivity contribution in [1.29, 1.82) is 0 Å². The summed E-state index contributed by atoms with van der Waals surface area (Å²) >= 11 is 1.59. The number of sulfonamides is 1. The second kappa shape index (κ2) is 19.0. The standard InChI is InChI=1S/C38H56N6O6S2/c1-8-41(9-2)25-35-39-30(26-51-35)23-42-19-20-44(38(42)47)36(28(5)6)37(46)40-33(21-29-13-11-10-12-14-29)34(45)24-43(22-27(3)4)52(48,49)32-17-15-31(50-7)16-18-32/h10-18,26-28,33-34,36,45H,8-9,19-25H2,1-7H3,(H,40,46)/t33-,34+,36?/m0/s1. The summed E-state index contributed by atoms with van der Waals surface area (Å²) in [5.41, 5.74) is 1.70. The molecule has 1 unspecified atom stereocenters. The predicted molar refractivity (Wildman–Crippen MR) is 205 cm³/mol. The van der Waals surface area contributed by atoms with Crippen LogP contribution in [-0.2, 0) is 34.3 Å². The van der Waals surface area contributed by atoms with E-state index in [0.717, 1.165) is 35.9 Å². The molecule has 1 aliphatic rings. The minimum absolute atomic E-state index is 0.0323. The summed E-state index contributed by atoms with van der Waals surface area (Å²) in [5.74, 6) is -0.127. The van der Waals surface area contributed by atoms with E-state index in [1.807, 2.05) is 63.4 Å². The maximum absolute atomic E-state index is 14.2. The maximum atomic E-state index is 14.2. The molecule has 1 aromatic heterocycles. The Hall–Kier alpha value is -3.56. The number of urea groups is 1. The summed E-state index contributed by atoms with van der Waals surface area (Å²) in [7, 11) is -2.49. The van der Waals surface area contributed by atoms with Gasteiger partial charge < -0.3 is 25.0 Å². The van der Waals surface area contributed by atoms with E-state index in [4.69, 9.17) is 9.72 Å². The minimum Gasteiger partial charge on any atom is -0.497 e. The first-order valence-electron chi connectivity index (χ1n) is 18.1. The average molecular weight is 757 g/mol. The number of nitrogens with zero attached hydrogens (tertiary/aromatic N) is 5. The Kier molecular flexibility index (Phi) is 15.0. The third kappa shape index (κ3) is 10.8. The molecular formula is C38H56N6O6S2. The lowest BCUT2D eigenvalue weighted by Gasteiger charge is -2.34. The second-order valence-corrected chi connectivity index (χ2v) is 16.9. The van der Waals surface area contributed by atoms with Crippen LogP contribution < -0.4 is 10.1 Å². The first-order valence-corrected chi connectivity index (χ1v) is 20.5. The lowest BCUT2D eigenvalue weighted by Crippen LogP contribution is -2.57. The molecule has 0 saturated carbocycles. The highest BCUT2D eigenvalue weighted by molar-refractivity contribution is 7.89. The molecular weight excluding hydrogens is 701 g/mol. The van der Waals surface area contributed by atoms with Gasteiger partial charge in [0.25, 0.3) is 0 Å². The number of rotatable bonds is 20. The summed E-state index contributed by atoms with van der Waals surface area (Å²) in [6.07, 6.45) is -0.999. The number of hydrogen-bond acceptors (Lipinski definition) is 9. The topological polar surface area (TPSA) is 136 Å². The number of benzene rings is 2. The van der Waals surface area contributed by atoms with Crippen molar-refractivity contribution < 1.29 is 27.9 Å². The number of aliphatic hydroxyl groups is 1. The minimum atomic E-state index is -4.00. The lowest BCUT2D eigenvalue weighted by molar-refractivity contribution is -0.128. The molecule has 1 fully saturated rings. The van der Waals surface area contributed by atoms with Crippen LogP contribution in [0.25, 0.3) is 0 Å². The fraction of sp³-hybridized carbons (Fsp3) is 0.553. The molecule has 1 saturated heterocycles. The number of methoxy groups -OCH3 is 1. The molecule has 2 aromatic carbocycles. The molecule has 0 bridgehead atoms. The van der Waals surface area contributed by atoms with Gasteiger partial charge in [-0.15, -0.1) is 11.3 Å². The van der Waals surface area contributed by atoms with E-state index in [-0.39, 0.29) is 42.3 Å². The molecule has 1 aliphatic heterocycles. The third-order valence-electron chi connectivity index (χ3n) is 9.32. The molecule has 0 radical (unpaired) electrons. The second-order valence-electron chi connectivity index (χ2n) is 14.0. The predicted octanol–water partition coefficient (Wildman–Crippen LogP) is 4.69. The highest BCUT2D eigenvalue weighted by atomic mass is 32.2. The number of ether oxygens (including phenoxy) is 1. The Balaban J connectivity index is 1.53. The number of nitrogens with one attached hydrogen (secondary N) is 1. The monoisotopic (exact) mass is 756 g/mol. The fourth-order valence-electron chi connectivity index (χ4n) is 6.47. The summed E-state index contributed by atoms with van der Waals surface area (Å²) in [5, 5.41) is 17.8. The van der Waals surface area contributed by atoms with Crippen LogP contribution in [0.15, 0.2) is 64.9 Å². The maximum Gasteiger partial charge on any atom is 0.321 e. The van der Waals surface area contributed by atoms with Gasteiger partial charge in [0.1, 0.15) is 16.8 Å². The van der Waals surface area contributed by atoms with Crippen LogP contribution in [0.2, 0.25) is 0 Å². The van der Waals surface area contributed by atoms with Gasteiger partial charge in [-0.3, -0.25) is 9.69 Å². The average Bonchev–Trinajstić information content (AvgIpc) is 3.72. The van der Waals surface area contributed by atoms with Crippen LogP contribution >= 0.6 is 11.3 Å². The van der Waals surface area contributed by atoms with Crippen molar-refractivity contribution in [3.8, 4) is 5.75 Å². The summed E-state index contributed by atoms with van der Waals surface area (Å²) in [4.78, 5) is 38.5. The van der Waals surface area contributed by atoms with Crippen LogP contribution in [-0.4, -0.2) is 114 Å². The van der Waals surface area contributed by atoms with Crippen LogP contribution in [0.4, 0.5) is 4.79 Å². The van der Waals surface area contributed by atoms with E-state index in [0.29, 0.717) is 25.4 Å². The van der Waals surface area contributed by atoms with E-state index in [1.54, 1.807) is 33.3 Å². The molecule has 3 aromatic rings. The molecule has 4 rings (SSSR count). The molecule has 286 valence electrons. The van der Waals surface area contributed by atoms with E-state index < -0.39 is 34.1 Å². The SMILES string of the molecule is CCN(CC)Cc1nc(CN2CCN(C(C(=O)N[C@@H](Cc3ccccc3)[C@H](O)CN(CC(C)C)S(=O)(=O)c3ccc(OC)cc3)C(C)C)C2=O)cs1. The van der Waals surface area contributed by atoms with Gasteiger partial charge in [0.05, 0.1) is 42.9 Å². The molecule has 52 heavy (non-hydrogen) atoms. The zero-order valence-electron chi connectivity index (χ0n) is 31.6. The number of aromatic nitrogens is 1. The van der Waals surface area contributed by atoms with Gasteiger partial charge in [-0.2, -0.15) is 4.31 Å². The normalized spacial score (nSPS) is 15.6. The quantitative estimate of drug-likeness (QED) is 0.170. The van der Waals surface area contributed by atoms with Crippen molar-refractivity contribution in [1.82, 2.24) is 29.3 Å². The summed E-state index contributed by atoms with van der Waals surface area (Å²) < 4.78 is 34.3. The molecule has 14 heteroatoms. The molecule has 2 N–H and O–H groups in total. The number of carbonyl (C=O) groups is 2. The Labute approximate surface area is 313 Å². The van der Waals surface area contributed by atoms with E-state index in [1.165, 1.54) is 23.5 Å². The van der Waals surface area contributed by atoms with Crippen molar-refractivity contribution in [3.05, 3.63) is 76.2 Å². The van der Waals surface area contributed by atoms with Gasteiger partial charge in [-0.1, -0.05) is 71.9 Å². The largest absolute Gasteiger partial charge is 0.497 e. The highest BCUT2D eigenvalue weighted by Crippen LogP contribution is 2.24. The number of aliphatic hydroxyl groups excluding tert-OH is 1. The van der Waals surface area contributed by atoms with Crippen LogP contribution in [0, 0.1) is 11.8 Å². The van der Waals surface area contributed by atoms with Crippen molar-refractivity contribution in [2.45, 2.75) is 84.1 Å². The summed E-state index contributed by atoms with van der Waals surface area (Å²) in [6.45, 7) is 15.6. The molecule has 3 atom stereocenters. The Morgan fingerprint density at radius 3 is 2.29 bits per heavy atom. The van der Waals surface area contributed by atoms with Crippen molar-refractivity contribution in [2.75, 3.05) is 46.4 Å². The van der Waals surface area contributed by atoms with Crippen LogP contribution in [0.3, 0.4) is 0 Å². The number of carbonyl (C=O) groups excluding carboxylic acids is 2. The van der Waals surface area contributed by atoms with Gasteiger partial charge >= 0.3 is 6.03 Å². The van der Waals surface area contributed by atoms with Crippen LogP contribution in [0.5, 0.6) is 5.75 Å². The Morgan fingerprint density at radius 1 is 1.02 bits per heavy atom. The summed E-state index contributed by atoms with van der Waals surface area (Å²) in [6, 6.07) is 13.7. The zero-order chi connectivity index (χ0) is 38.0. The van der Waals surface area contributed by atoms with Gasteiger partial charge in [0.2, 0.25) is 15.9 Å². The Bertz CT molecular complexity index is 1680. The van der Waals surface area contributed by atoms with E-state index >= 15 is 0 Å². The van der Waals surface area contributed by atoms with Gasteiger partial charge in [0.15, 0.2) is 0 Å². The molecule has 12 nitrogen and oxygen atoms in total. The van der Waals surface area contributed by atoms with Crippen molar-refractivity contribution in [3.63, 3.8) is 0 Å². The number of amides is 3. The first-order chi connectivity index (χ1) is 24.8.